The molecule has 7 nitrogen and oxygen atoms in total. The molecule has 0 aliphatic carbocycles. The second kappa shape index (κ2) is 7.41. The van der Waals surface area contributed by atoms with E-state index in [1.54, 1.807) is 6.07 Å². The largest absolute Gasteiger partial charge is 0.452 e. The Hall–Kier alpha value is -2.45. The molecule has 0 spiro atoms. The third-order valence-electron chi connectivity index (χ3n) is 2.87. The average molecular weight is 369 g/mol. The normalized spacial score (nSPS) is 10.9. The number of benzene rings is 1. The summed E-state index contributed by atoms with van der Waals surface area (Å²) in [5, 5.41) is 2.53. The van der Waals surface area contributed by atoms with Crippen LogP contribution in [-0.2, 0) is 19.4 Å². The fraction of sp³-hybridized carbons (Fsp3) is 0.133. The summed E-state index contributed by atoms with van der Waals surface area (Å²) >= 11 is 5.80. The Labute approximate surface area is 143 Å². The summed E-state index contributed by atoms with van der Waals surface area (Å²) in [7, 11) is -3.60. The maximum absolute atomic E-state index is 12.0. The third kappa shape index (κ3) is 4.53. The van der Waals surface area contributed by atoms with Gasteiger partial charge in [-0.1, -0.05) is 23.7 Å². The number of ether oxygens (including phenoxy) is 1. The summed E-state index contributed by atoms with van der Waals surface area (Å²) in [6, 6.07) is 8.71. The molecule has 2 aromatic rings. The highest BCUT2D eigenvalue weighted by Gasteiger charge is 2.20. The lowest BCUT2D eigenvalue weighted by Gasteiger charge is -2.09. The molecule has 0 fully saturated rings. The molecule has 24 heavy (non-hydrogen) atoms. The number of nitrogens with zero attached hydrogens (tertiary/aromatic N) is 1. The van der Waals surface area contributed by atoms with Crippen molar-refractivity contribution in [3.05, 3.63) is 53.3 Å². The summed E-state index contributed by atoms with van der Waals surface area (Å²) in [6.45, 7) is -0.595. The van der Waals surface area contributed by atoms with Crippen molar-refractivity contribution >= 4 is 39.0 Å². The number of aromatic nitrogens is 1. The molecule has 0 saturated carbocycles. The van der Waals surface area contributed by atoms with Crippen LogP contribution in [0.5, 0.6) is 0 Å². The number of carbonyl (C=O) groups is 2. The number of anilines is 1. The lowest BCUT2D eigenvalue weighted by atomic mass is 10.2. The minimum atomic E-state index is -3.60. The molecule has 1 aromatic carbocycles. The van der Waals surface area contributed by atoms with Crippen molar-refractivity contribution in [3.8, 4) is 0 Å². The molecule has 1 aromatic heterocycles. The lowest BCUT2D eigenvalue weighted by molar-refractivity contribution is -0.119. The number of pyridine rings is 1. The standard InChI is InChI=1S/C15H13ClN2O5S/c1-24(21,22)12-7-3-2-5-10(12)15(20)23-9-13(19)18-11-6-4-8-17-14(11)16/h2-8H,9H2,1H3,(H,18,19). The Bertz CT molecular complexity index is 883. The fourth-order valence-corrected chi connectivity index (χ4v) is 2.88. The van der Waals surface area contributed by atoms with Crippen LogP contribution in [0.15, 0.2) is 47.5 Å². The van der Waals surface area contributed by atoms with Crippen molar-refractivity contribution in [3.63, 3.8) is 0 Å². The minimum absolute atomic E-state index is 0.0969. The Morgan fingerprint density at radius 2 is 1.92 bits per heavy atom. The van der Waals surface area contributed by atoms with Gasteiger partial charge in [0.25, 0.3) is 5.91 Å². The van der Waals surface area contributed by atoms with Crippen molar-refractivity contribution < 1.29 is 22.7 Å². The highest BCUT2D eigenvalue weighted by atomic mass is 35.5. The number of esters is 1. The van der Waals surface area contributed by atoms with Gasteiger partial charge in [-0.2, -0.15) is 0 Å². The van der Waals surface area contributed by atoms with E-state index in [0.717, 1.165) is 6.26 Å². The summed E-state index contributed by atoms with van der Waals surface area (Å²) in [6.07, 6.45) is 2.44. The molecule has 1 amide bonds. The number of hydrogen-bond donors (Lipinski definition) is 1. The molecule has 0 aliphatic rings. The Kier molecular flexibility index (Phi) is 5.53. The van der Waals surface area contributed by atoms with Gasteiger partial charge in [-0.3, -0.25) is 4.79 Å². The number of hydrogen-bond acceptors (Lipinski definition) is 6. The Balaban J connectivity index is 2.04. The van der Waals surface area contributed by atoms with Crippen LogP contribution in [0.3, 0.4) is 0 Å². The molecule has 0 radical (unpaired) electrons. The molecule has 0 atom stereocenters. The van der Waals surface area contributed by atoms with Crippen molar-refractivity contribution in [1.82, 2.24) is 4.98 Å². The lowest BCUT2D eigenvalue weighted by Crippen LogP contribution is -2.22. The van der Waals surface area contributed by atoms with E-state index in [2.05, 4.69) is 10.3 Å². The Morgan fingerprint density at radius 1 is 1.21 bits per heavy atom. The van der Waals surface area contributed by atoms with Crippen LogP contribution in [0.1, 0.15) is 10.4 Å². The number of nitrogens with one attached hydrogen (secondary N) is 1. The van der Waals surface area contributed by atoms with E-state index in [-0.39, 0.29) is 21.3 Å². The zero-order valence-electron chi connectivity index (χ0n) is 12.5. The van der Waals surface area contributed by atoms with Crippen LogP contribution in [0.2, 0.25) is 5.15 Å². The Morgan fingerprint density at radius 3 is 2.58 bits per heavy atom. The van der Waals surface area contributed by atoms with Gasteiger partial charge < -0.3 is 10.1 Å². The predicted molar refractivity (Wildman–Crippen MR) is 87.7 cm³/mol. The quantitative estimate of drug-likeness (QED) is 0.639. The maximum atomic E-state index is 12.0. The van der Waals surface area contributed by atoms with E-state index in [9.17, 15) is 18.0 Å². The van der Waals surface area contributed by atoms with Crippen LogP contribution < -0.4 is 5.32 Å². The van der Waals surface area contributed by atoms with Gasteiger partial charge in [-0.25, -0.2) is 18.2 Å². The van der Waals surface area contributed by atoms with Crippen LogP contribution in [0, 0.1) is 0 Å². The van der Waals surface area contributed by atoms with Crippen LogP contribution in [-0.4, -0.2) is 38.1 Å². The number of amides is 1. The van der Waals surface area contributed by atoms with Crippen LogP contribution >= 0.6 is 11.6 Å². The van der Waals surface area contributed by atoms with Crippen LogP contribution in [0.25, 0.3) is 0 Å². The molecule has 1 heterocycles. The monoisotopic (exact) mass is 368 g/mol. The van der Waals surface area contributed by atoms with E-state index in [0.29, 0.717) is 0 Å². The number of sulfone groups is 1. The first kappa shape index (κ1) is 17.9. The van der Waals surface area contributed by atoms with E-state index in [4.69, 9.17) is 16.3 Å². The predicted octanol–water partition coefficient (Wildman–Crippen LogP) is 1.93. The van der Waals surface area contributed by atoms with Crippen molar-refractivity contribution in [1.29, 1.82) is 0 Å². The molecular weight excluding hydrogens is 356 g/mol. The van der Waals surface area contributed by atoms with Crippen molar-refractivity contribution in [2.45, 2.75) is 4.90 Å². The van der Waals surface area contributed by atoms with Gasteiger partial charge in [0.1, 0.15) is 0 Å². The molecule has 0 bridgehead atoms. The first-order valence-corrected chi connectivity index (χ1v) is 8.92. The topological polar surface area (TPSA) is 102 Å². The van der Waals surface area contributed by atoms with Crippen LogP contribution in [0.4, 0.5) is 5.69 Å². The zero-order valence-corrected chi connectivity index (χ0v) is 14.1. The van der Waals surface area contributed by atoms with E-state index in [1.165, 1.54) is 36.5 Å². The zero-order chi connectivity index (χ0) is 17.7. The molecule has 0 saturated heterocycles. The van der Waals surface area contributed by atoms with Gasteiger partial charge in [0.15, 0.2) is 21.6 Å². The maximum Gasteiger partial charge on any atom is 0.339 e. The fourth-order valence-electron chi connectivity index (χ4n) is 1.83. The van der Waals surface area contributed by atoms with E-state index < -0.39 is 28.3 Å². The van der Waals surface area contributed by atoms with Gasteiger partial charge in [-0.05, 0) is 24.3 Å². The highest BCUT2D eigenvalue weighted by molar-refractivity contribution is 7.90. The smallest absolute Gasteiger partial charge is 0.339 e. The molecular formula is C15H13ClN2O5S. The summed E-state index contributed by atoms with van der Waals surface area (Å²) in [4.78, 5) is 27.4. The second-order valence-electron chi connectivity index (χ2n) is 4.73. The summed E-state index contributed by atoms with van der Waals surface area (Å²) < 4.78 is 28.2. The molecule has 126 valence electrons. The number of carbonyl (C=O) groups excluding carboxylic acids is 2. The van der Waals surface area contributed by atoms with Gasteiger partial charge in [0.05, 0.1) is 16.1 Å². The van der Waals surface area contributed by atoms with Gasteiger partial charge in [0, 0.05) is 12.5 Å². The first-order chi connectivity index (χ1) is 11.3. The number of halogens is 1. The van der Waals surface area contributed by atoms with Crippen molar-refractivity contribution in [2.75, 3.05) is 18.2 Å². The van der Waals surface area contributed by atoms with E-state index >= 15 is 0 Å². The third-order valence-corrected chi connectivity index (χ3v) is 4.33. The molecule has 9 heteroatoms. The van der Waals surface area contributed by atoms with Gasteiger partial charge >= 0.3 is 5.97 Å². The van der Waals surface area contributed by atoms with Gasteiger partial charge in [-0.15, -0.1) is 0 Å². The summed E-state index contributed by atoms with van der Waals surface area (Å²) in [5.41, 5.74) is 0.143. The number of rotatable bonds is 5. The molecule has 2 rings (SSSR count). The molecule has 1 N–H and O–H groups in total. The molecule has 0 aliphatic heterocycles. The molecule has 0 unspecified atom stereocenters. The summed E-state index contributed by atoms with van der Waals surface area (Å²) in [5.74, 6) is -1.54. The average Bonchev–Trinajstić information content (AvgIpc) is 2.54. The van der Waals surface area contributed by atoms with E-state index in [1.807, 2.05) is 0 Å². The highest BCUT2D eigenvalue weighted by Crippen LogP contribution is 2.18. The second-order valence-corrected chi connectivity index (χ2v) is 7.08. The first-order valence-electron chi connectivity index (χ1n) is 6.65. The minimum Gasteiger partial charge on any atom is -0.452 e. The SMILES string of the molecule is CS(=O)(=O)c1ccccc1C(=O)OCC(=O)Nc1cccnc1Cl. The van der Waals surface area contributed by atoms with Crippen molar-refractivity contribution in [2.24, 2.45) is 0 Å². The van der Waals surface area contributed by atoms with Gasteiger partial charge in [0.2, 0.25) is 0 Å².